The Balaban J connectivity index is 1.71. The molecule has 0 atom stereocenters. The van der Waals surface area contributed by atoms with Crippen LogP contribution in [0.1, 0.15) is 15.9 Å². The molecule has 2 heterocycles. The van der Waals surface area contributed by atoms with E-state index in [9.17, 15) is 13.2 Å². The maximum absolute atomic E-state index is 12.3. The van der Waals surface area contributed by atoms with Crippen molar-refractivity contribution < 1.29 is 13.2 Å². The number of nitrogens with zero attached hydrogens (tertiary/aromatic N) is 2. The molecule has 0 spiro atoms. The van der Waals surface area contributed by atoms with Crippen LogP contribution in [0.3, 0.4) is 0 Å². The van der Waals surface area contributed by atoms with Gasteiger partial charge >= 0.3 is 0 Å². The van der Waals surface area contributed by atoms with Crippen molar-refractivity contribution in [2.75, 3.05) is 11.6 Å². The average Bonchev–Trinajstić information content (AvgIpc) is 3.07. The van der Waals surface area contributed by atoms with Crippen LogP contribution < -0.4 is 5.32 Å². The molecule has 2 aromatic heterocycles. The molecule has 4 aromatic rings. The lowest BCUT2D eigenvalue weighted by molar-refractivity contribution is 0.102. The monoisotopic (exact) mass is 437 g/mol. The molecule has 0 aliphatic rings. The second kappa shape index (κ2) is 7.97. The summed E-state index contributed by atoms with van der Waals surface area (Å²) in [6, 6.07) is 18.5. The van der Waals surface area contributed by atoms with E-state index in [4.69, 9.17) is 0 Å². The van der Waals surface area contributed by atoms with E-state index >= 15 is 0 Å². The Morgan fingerprint density at radius 3 is 2.50 bits per heavy atom. The van der Waals surface area contributed by atoms with Crippen LogP contribution in [0.15, 0.2) is 78.1 Å². The molecule has 8 heteroatoms. The first-order valence-corrected chi connectivity index (χ1v) is 12.4. The zero-order valence-corrected chi connectivity index (χ0v) is 18.0. The van der Waals surface area contributed by atoms with Gasteiger partial charge in [0.25, 0.3) is 5.91 Å². The normalized spacial score (nSPS) is 11.5. The van der Waals surface area contributed by atoms with Gasteiger partial charge in [0.1, 0.15) is 0 Å². The van der Waals surface area contributed by atoms with Crippen LogP contribution in [0.25, 0.3) is 16.6 Å². The molecular weight excluding hydrogens is 418 g/mol. The van der Waals surface area contributed by atoms with E-state index in [1.165, 1.54) is 12.5 Å². The van der Waals surface area contributed by atoms with Crippen molar-refractivity contribution in [1.82, 2.24) is 9.55 Å². The zero-order valence-electron chi connectivity index (χ0n) is 16.4. The fourth-order valence-corrected chi connectivity index (χ4v) is 5.28. The highest BCUT2D eigenvalue weighted by molar-refractivity contribution is 8.71. The molecule has 0 unspecified atom stereocenters. The lowest BCUT2D eigenvalue weighted by Gasteiger charge is -2.11. The van der Waals surface area contributed by atoms with Crippen LogP contribution in [-0.4, -0.2) is 30.1 Å². The van der Waals surface area contributed by atoms with Crippen LogP contribution in [0.2, 0.25) is 0 Å². The number of aryl methyl sites for hydroxylation is 1. The fraction of sp³-hybridized carbons (Fsp3) is 0.0909. The number of rotatable bonds is 5. The third-order valence-electron chi connectivity index (χ3n) is 4.57. The molecule has 0 aliphatic heterocycles. The van der Waals surface area contributed by atoms with Crippen LogP contribution in [0.5, 0.6) is 0 Å². The number of amides is 1. The predicted molar refractivity (Wildman–Crippen MR) is 121 cm³/mol. The standard InChI is InChI=1S/C22H19N3O3S2/c1-15-5-3-7-20-19(15)13-21(29-30(2,27)28)25(20)18-10-8-17(9-11-18)24-22(26)16-6-4-12-23-14-16/h3-14H,1-2H3,(H,24,26). The van der Waals surface area contributed by atoms with Crippen molar-refractivity contribution >= 4 is 42.2 Å². The summed E-state index contributed by atoms with van der Waals surface area (Å²) in [6.07, 6.45) is 4.32. The van der Waals surface area contributed by atoms with Gasteiger partial charge in [-0.1, -0.05) is 12.1 Å². The summed E-state index contributed by atoms with van der Waals surface area (Å²) >= 11 is 0. The van der Waals surface area contributed by atoms with E-state index in [0.29, 0.717) is 16.3 Å². The Labute approximate surface area is 178 Å². The second-order valence-electron chi connectivity index (χ2n) is 6.86. The van der Waals surface area contributed by atoms with Crippen LogP contribution in [-0.2, 0) is 8.87 Å². The van der Waals surface area contributed by atoms with Gasteiger partial charge in [-0.15, -0.1) is 0 Å². The maximum atomic E-state index is 12.3. The second-order valence-corrected chi connectivity index (χ2v) is 11.2. The molecule has 30 heavy (non-hydrogen) atoms. The Kier molecular flexibility index (Phi) is 5.36. The summed E-state index contributed by atoms with van der Waals surface area (Å²) in [5.74, 6) is -0.244. The molecule has 0 saturated carbocycles. The van der Waals surface area contributed by atoms with Crippen LogP contribution >= 0.6 is 10.8 Å². The summed E-state index contributed by atoms with van der Waals surface area (Å²) in [4.78, 5) is 16.3. The molecule has 0 bridgehead atoms. The summed E-state index contributed by atoms with van der Waals surface area (Å²) < 4.78 is 25.8. The number of hydrogen-bond donors (Lipinski definition) is 1. The Bertz CT molecular complexity index is 1330. The number of aromatic nitrogens is 2. The van der Waals surface area contributed by atoms with E-state index in [1.54, 1.807) is 30.5 Å². The van der Waals surface area contributed by atoms with E-state index in [2.05, 4.69) is 10.3 Å². The molecule has 6 nitrogen and oxygen atoms in total. The number of anilines is 1. The number of pyridine rings is 1. The van der Waals surface area contributed by atoms with Crippen LogP contribution in [0, 0.1) is 6.92 Å². The third kappa shape index (κ3) is 4.24. The van der Waals surface area contributed by atoms with Gasteiger partial charge in [0, 0.05) is 46.2 Å². The first kappa shape index (κ1) is 20.2. The van der Waals surface area contributed by atoms with Gasteiger partial charge in [-0.2, -0.15) is 0 Å². The highest BCUT2D eigenvalue weighted by Crippen LogP contribution is 2.35. The van der Waals surface area contributed by atoms with Gasteiger partial charge in [0.15, 0.2) is 0 Å². The predicted octanol–water partition coefficient (Wildman–Crippen LogP) is 4.64. The highest BCUT2D eigenvalue weighted by atomic mass is 33.1. The molecular formula is C22H19N3O3S2. The van der Waals surface area contributed by atoms with Crippen molar-refractivity contribution in [3.63, 3.8) is 0 Å². The SMILES string of the molecule is Cc1cccc2c1cc(SS(C)(=O)=O)n2-c1ccc(NC(=O)c2cccnc2)cc1. The van der Waals surface area contributed by atoms with Gasteiger partial charge in [0.2, 0.25) is 8.87 Å². The minimum absolute atomic E-state index is 0.244. The Hall–Kier alpha value is -3.10. The van der Waals surface area contributed by atoms with E-state index in [-0.39, 0.29) is 5.91 Å². The molecule has 0 aliphatic carbocycles. The minimum Gasteiger partial charge on any atom is -0.322 e. The molecule has 0 fully saturated rings. The highest BCUT2D eigenvalue weighted by Gasteiger charge is 2.17. The van der Waals surface area contributed by atoms with Crippen molar-refractivity contribution in [2.24, 2.45) is 0 Å². The Morgan fingerprint density at radius 2 is 1.83 bits per heavy atom. The lowest BCUT2D eigenvalue weighted by Crippen LogP contribution is -2.12. The van der Waals surface area contributed by atoms with E-state index in [1.807, 2.05) is 47.9 Å². The average molecular weight is 438 g/mol. The minimum atomic E-state index is -3.29. The molecule has 1 amide bonds. The first-order valence-electron chi connectivity index (χ1n) is 9.14. The van der Waals surface area contributed by atoms with Gasteiger partial charge in [-0.3, -0.25) is 9.78 Å². The van der Waals surface area contributed by atoms with Crippen molar-refractivity contribution in [1.29, 1.82) is 0 Å². The number of fused-ring (bicyclic) bond motifs is 1. The van der Waals surface area contributed by atoms with Crippen LogP contribution in [0.4, 0.5) is 5.69 Å². The molecule has 0 radical (unpaired) electrons. The summed E-state index contributed by atoms with van der Waals surface area (Å²) in [5, 5.41) is 4.46. The zero-order chi connectivity index (χ0) is 21.3. The molecule has 4 rings (SSSR count). The first-order chi connectivity index (χ1) is 14.3. The van der Waals surface area contributed by atoms with Gasteiger partial charge < -0.3 is 9.88 Å². The van der Waals surface area contributed by atoms with E-state index < -0.39 is 8.87 Å². The van der Waals surface area contributed by atoms with E-state index in [0.717, 1.165) is 32.9 Å². The summed E-state index contributed by atoms with van der Waals surface area (Å²) in [6.45, 7) is 2.00. The number of nitrogens with one attached hydrogen (secondary N) is 1. The van der Waals surface area contributed by atoms with Gasteiger partial charge in [-0.25, -0.2) is 8.42 Å². The number of benzene rings is 2. The molecule has 152 valence electrons. The molecule has 0 saturated heterocycles. The van der Waals surface area contributed by atoms with Crippen molar-refractivity contribution in [3.05, 3.63) is 84.2 Å². The van der Waals surface area contributed by atoms with Crippen molar-refractivity contribution in [2.45, 2.75) is 11.9 Å². The number of carbonyl (C=O) groups is 1. The number of carbonyl (C=O) groups excluding carboxylic acids is 1. The largest absolute Gasteiger partial charge is 0.322 e. The number of hydrogen-bond acceptors (Lipinski definition) is 5. The fourth-order valence-electron chi connectivity index (χ4n) is 3.23. The summed E-state index contributed by atoms with van der Waals surface area (Å²) in [5.41, 5.74) is 3.91. The van der Waals surface area contributed by atoms with Gasteiger partial charge in [0.05, 0.1) is 16.1 Å². The molecule has 2 aromatic carbocycles. The lowest BCUT2D eigenvalue weighted by atomic mass is 10.1. The quantitative estimate of drug-likeness (QED) is 0.460. The maximum Gasteiger partial charge on any atom is 0.257 e. The topological polar surface area (TPSA) is 81.1 Å². The Morgan fingerprint density at radius 1 is 1.07 bits per heavy atom. The molecule has 1 N–H and O–H groups in total. The third-order valence-corrected chi connectivity index (χ3v) is 6.77. The van der Waals surface area contributed by atoms with Gasteiger partial charge in [-0.05, 0) is 61.0 Å². The van der Waals surface area contributed by atoms with Crippen molar-refractivity contribution in [3.8, 4) is 5.69 Å². The smallest absolute Gasteiger partial charge is 0.257 e. The summed E-state index contributed by atoms with van der Waals surface area (Å²) in [7, 11) is -2.46.